The summed E-state index contributed by atoms with van der Waals surface area (Å²) in [4.78, 5) is 0.468. The van der Waals surface area contributed by atoms with Crippen molar-refractivity contribution in [1.29, 1.82) is 0 Å². The molecule has 0 saturated carbocycles. The second-order valence-corrected chi connectivity index (χ2v) is 4.78. The van der Waals surface area contributed by atoms with Crippen LogP contribution in [0.2, 0.25) is 0 Å². The molecule has 80 valence electrons. The average molecular weight is 224 g/mol. The molecule has 0 aliphatic rings. The standard InChI is InChI=1S/C12H13FOS/c1-9(2)8-12(13)15(14)11-6-4-10(3)5-7-11/h4-8H,1H2,2-3H3/b12-8-. The SMILES string of the molecule is C=C(C)/C=C(/F)S(=O)c1ccc(C)cc1. The number of aryl methyl sites for hydroxylation is 1. The molecule has 15 heavy (non-hydrogen) atoms. The second-order valence-electron chi connectivity index (χ2n) is 3.38. The fraction of sp³-hybridized carbons (Fsp3) is 0.167. The van der Waals surface area contributed by atoms with E-state index in [0.29, 0.717) is 10.5 Å². The van der Waals surface area contributed by atoms with Gasteiger partial charge in [0.2, 0.25) is 0 Å². The molecule has 1 atom stereocenters. The first kappa shape index (κ1) is 11.9. The molecule has 0 aliphatic heterocycles. The Labute approximate surface area is 91.8 Å². The van der Waals surface area contributed by atoms with Crippen LogP contribution in [0.5, 0.6) is 0 Å². The highest BCUT2D eigenvalue weighted by Gasteiger charge is 2.08. The Morgan fingerprint density at radius 2 is 1.93 bits per heavy atom. The first-order chi connectivity index (χ1) is 7.00. The minimum Gasteiger partial charge on any atom is -0.247 e. The Hall–Kier alpha value is -1.22. The van der Waals surface area contributed by atoms with Crippen molar-refractivity contribution >= 4 is 10.8 Å². The molecule has 3 heteroatoms. The van der Waals surface area contributed by atoms with Gasteiger partial charge in [0.25, 0.3) is 0 Å². The molecule has 1 rings (SSSR count). The summed E-state index contributed by atoms with van der Waals surface area (Å²) in [5.41, 5.74) is 1.60. The van der Waals surface area contributed by atoms with E-state index in [9.17, 15) is 8.60 Å². The van der Waals surface area contributed by atoms with Crippen LogP contribution in [0.15, 0.2) is 52.5 Å². The van der Waals surface area contributed by atoms with Crippen LogP contribution in [-0.4, -0.2) is 4.21 Å². The van der Waals surface area contributed by atoms with Crippen molar-refractivity contribution < 1.29 is 8.60 Å². The van der Waals surface area contributed by atoms with E-state index in [2.05, 4.69) is 6.58 Å². The molecule has 0 aliphatic carbocycles. The summed E-state index contributed by atoms with van der Waals surface area (Å²) in [6.07, 6.45) is 1.19. The molecule has 0 aromatic heterocycles. The Kier molecular flexibility index (Phi) is 3.97. The Bertz CT molecular complexity index is 418. The summed E-state index contributed by atoms with van der Waals surface area (Å²) < 4.78 is 25.0. The zero-order valence-electron chi connectivity index (χ0n) is 8.79. The van der Waals surface area contributed by atoms with Crippen LogP contribution < -0.4 is 0 Å². The molecule has 0 amide bonds. The lowest BCUT2D eigenvalue weighted by Crippen LogP contribution is -1.92. The van der Waals surface area contributed by atoms with E-state index in [4.69, 9.17) is 0 Å². The predicted octanol–water partition coefficient (Wildman–Crippen LogP) is 3.49. The van der Waals surface area contributed by atoms with E-state index in [-0.39, 0.29) is 0 Å². The van der Waals surface area contributed by atoms with E-state index in [1.165, 1.54) is 6.08 Å². The molecular weight excluding hydrogens is 211 g/mol. The highest BCUT2D eigenvalue weighted by Crippen LogP contribution is 2.17. The van der Waals surface area contributed by atoms with Crippen molar-refractivity contribution in [3.8, 4) is 0 Å². The van der Waals surface area contributed by atoms with E-state index in [1.54, 1.807) is 31.2 Å². The minimum absolute atomic E-state index is 0.468. The number of allylic oxidation sites excluding steroid dienone is 2. The third-order valence-corrected chi connectivity index (χ3v) is 2.94. The van der Waals surface area contributed by atoms with E-state index in [1.807, 2.05) is 6.92 Å². The van der Waals surface area contributed by atoms with Crippen LogP contribution >= 0.6 is 0 Å². The molecule has 0 N–H and O–H groups in total. The van der Waals surface area contributed by atoms with Crippen molar-refractivity contribution in [1.82, 2.24) is 0 Å². The highest BCUT2D eigenvalue weighted by molar-refractivity contribution is 7.88. The Morgan fingerprint density at radius 1 is 1.40 bits per heavy atom. The van der Waals surface area contributed by atoms with Gasteiger partial charge in [0, 0.05) is 4.90 Å². The van der Waals surface area contributed by atoms with Gasteiger partial charge in [0.15, 0.2) is 5.16 Å². The smallest absolute Gasteiger partial charge is 0.191 e. The van der Waals surface area contributed by atoms with Crippen LogP contribution in [0.3, 0.4) is 0 Å². The van der Waals surface area contributed by atoms with Gasteiger partial charge in [-0.05, 0) is 32.1 Å². The summed E-state index contributed by atoms with van der Waals surface area (Å²) in [6, 6.07) is 6.94. The lowest BCUT2D eigenvalue weighted by Gasteiger charge is -2.00. The maximum atomic E-state index is 13.3. The maximum Gasteiger partial charge on any atom is 0.191 e. The first-order valence-electron chi connectivity index (χ1n) is 4.52. The summed E-state index contributed by atoms with van der Waals surface area (Å²) in [7, 11) is -1.72. The van der Waals surface area contributed by atoms with Gasteiger partial charge >= 0.3 is 0 Å². The topological polar surface area (TPSA) is 17.1 Å². The molecule has 1 nitrogen and oxygen atoms in total. The zero-order valence-corrected chi connectivity index (χ0v) is 9.60. The van der Waals surface area contributed by atoms with Crippen LogP contribution in [0.1, 0.15) is 12.5 Å². The van der Waals surface area contributed by atoms with Gasteiger partial charge in [-0.25, -0.2) is 4.21 Å². The number of rotatable bonds is 3. The van der Waals surface area contributed by atoms with Crippen LogP contribution in [0, 0.1) is 6.92 Å². The van der Waals surface area contributed by atoms with Gasteiger partial charge in [-0.15, -0.1) is 0 Å². The lowest BCUT2D eigenvalue weighted by atomic mass is 10.2. The van der Waals surface area contributed by atoms with Crippen molar-refractivity contribution in [3.05, 3.63) is 53.2 Å². The minimum atomic E-state index is -1.72. The molecule has 0 spiro atoms. The summed E-state index contributed by atoms with van der Waals surface area (Å²) >= 11 is 0. The van der Waals surface area contributed by atoms with Crippen molar-refractivity contribution in [3.63, 3.8) is 0 Å². The van der Waals surface area contributed by atoms with Crippen molar-refractivity contribution in [2.75, 3.05) is 0 Å². The largest absolute Gasteiger partial charge is 0.247 e. The third-order valence-electron chi connectivity index (χ3n) is 1.77. The van der Waals surface area contributed by atoms with Gasteiger partial charge in [0.05, 0.1) is 0 Å². The van der Waals surface area contributed by atoms with Crippen LogP contribution in [0.25, 0.3) is 0 Å². The third kappa shape index (κ3) is 3.44. The molecule has 1 aromatic carbocycles. The average Bonchev–Trinajstić information content (AvgIpc) is 2.17. The van der Waals surface area contributed by atoms with Gasteiger partial charge in [-0.3, -0.25) is 0 Å². The molecule has 1 unspecified atom stereocenters. The van der Waals surface area contributed by atoms with Crippen molar-refractivity contribution in [2.45, 2.75) is 18.7 Å². The van der Waals surface area contributed by atoms with Gasteiger partial charge < -0.3 is 0 Å². The van der Waals surface area contributed by atoms with E-state index in [0.717, 1.165) is 5.56 Å². The van der Waals surface area contributed by atoms with Gasteiger partial charge in [-0.1, -0.05) is 29.8 Å². The molecule has 0 bridgehead atoms. The Morgan fingerprint density at radius 3 is 2.40 bits per heavy atom. The molecule has 0 fully saturated rings. The fourth-order valence-electron chi connectivity index (χ4n) is 1.02. The molecular formula is C12H13FOS. The summed E-state index contributed by atoms with van der Waals surface area (Å²) in [5.74, 6) is 0. The zero-order chi connectivity index (χ0) is 11.4. The molecule has 0 saturated heterocycles. The monoisotopic (exact) mass is 224 g/mol. The molecule has 0 radical (unpaired) electrons. The number of benzene rings is 1. The normalized spacial score (nSPS) is 13.7. The summed E-state index contributed by atoms with van der Waals surface area (Å²) in [5, 5.41) is -0.661. The summed E-state index contributed by atoms with van der Waals surface area (Å²) in [6.45, 7) is 7.12. The number of hydrogen-bond acceptors (Lipinski definition) is 1. The fourth-order valence-corrected chi connectivity index (χ4v) is 1.94. The quantitative estimate of drug-likeness (QED) is 0.718. The van der Waals surface area contributed by atoms with Gasteiger partial charge in [0.1, 0.15) is 10.8 Å². The molecule has 0 heterocycles. The van der Waals surface area contributed by atoms with Crippen LogP contribution in [-0.2, 0) is 10.8 Å². The van der Waals surface area contributed by atoms with E-state index < -0.39 is 16.0 Å². The predicted molar refractivity (Wildman–Crippen MR) is 61.6 cm³/mol. The maximum absolute atomic E-state index is 13.3. The van der Waals surface area contributed by atoms with Crippen LogP contribution in [0.4, 0.5) is 4.39 Å². The Balaban J connectivity index is 2.95. The molecule has 1 aromatic rings. The van der Waals surface area contributed by atoms with Gasteiger partial charge in [-0.2, -0.15) is 4.39 Å². The first-order valence-corrected chi connectivity index (χ1v) is 5.67. The lowest BCUT2D eigenvalue weighted by molar-refractivity contribution is 0.649. The van der Waals surface area contributed by atoms with E-state index >= 15 is 0 Å². The number of hydrogen-bond donors (Lipinski definition) is 0. The number of halogens is 1. The highest BCUT2D eigenvalue weighted by atomic mass is 32.2. The van der Waals surface area contributed by atoms with Crippen molar-refractivity contribution in [2.24, 2.45) is 0 Å². The second kappa shape index (κ2) is 5.03.